The zero-order valence-corrected chi connectivity index (χ0v) is 9.91. The largest absolute Gasteiger partial charge is 0.393 e. The minimum atomic E-state index is -0.156. The molecule has 0 atom stereocenters. The third kappa shape index (κ3) is 3.21. The second kappa shape index (κ2) is 5.32. The summed E-state index contributed by atoms with van der Waals surface area (Å²) in [4.78, 5) is 5.58. The van der Waals surface area contributed by atoms with Crippen LogP contribution in [0.1, 0.15) is 17.7 Å². The van der Waals surface area contributed by atoms with Gasteiger partial charge in [0.1, 0.15) is 0 Å². The van der Waals surface area contributed by atoms with Crippen LogP contribution >= 0.6 is 11.3 Å². The molecule has 0 radical (unpaired) electrons. The Labute approximate surface area is 99.2 Å². The fraction of sp³-hybridized carbons (Fsp3) is 0.545. The number of nitrogens with two attached hydrogens (primary N) is 1. The van der Waals surface area contributed by atoms with Crippen LogP contribution in [0.3, 0.4) is 0 Å². The van der Waals surface area contributed by atoms with Crippen molar-refractivity contribution in [3.05, 3.63) is 22.4 Å². The lowest BCUT2D eigenvalue weighted by molar-refractivity contribution is 0.0697. The number of nitrogens with one attached hydrogen (secondary N) is 1. The van der Waals surface area contributed by atoms with E-state index in [-0.39, 0.29) is 6.10 Å². The zero-order chi connectivity index (χ0) is 11.4. The number of thiophene rings is 1. The lowest BCUT2D eigenvalue weighted by atomic mass is 9.90. The second-order valence-electron chi connectivity index (χ2n) is 4.06. The molecular formula is C11H17N3OS. The summed E-state index contributed by atoms with van der Waals surface area (Å²) >= 11 is 1.74. The van der Waals surface area contributed by atoms with E-state index < -0.39 is 0 Å². The minimum Gasteiger partial charge on any atom is -0.393 e. The van der Waals surface area contributed by atoms with Gasteiger partial charge in [0.05, 0.1) is 6.10 Å². The maximum absolute atomic E-state index is 9.11. The van der Waals surface area contributed by atoms with Crippen molar-refractivity contribution in [2.24, 2.45) is 10.7 Å². The second-order valence-corrected chi connectivity index (χ2v) is 5.10. The average Bonchev–Trinajstić information content (AvgIpc) is 2.68. The molecule has 1 aliphatic carbocycles. The fourth-order valence-electron chi connectivity index (χ4n) is 1.70. The Hall–Kier alpha value is -1.07. The van der Waals surface area contributed by atoms with Crippen molar-refractivity contribution in [1.29, 1.82) is 0 Å². The molecule has 1 heterocycles. The van der Waals surface area contributed by atoms with Crippen molar-refractivity contribution >= 4 is 17.3 Å². The Morgan fingerprint density at radius 3 is 3.06 bits per heavy atom. The topological polar surface area (TPSA) is 70.6 Å². The quantitative estimate of drug-likeness (QED) is 0.535. The van der Waals surface area contributed by atoms with Gasteiger partial charge in [0.15, 0.2) is 5.96 Å². The van der Waals surface area contributed by atoms with Crippen molar-refractivity contribution in [1.82, 2.24) is 5.32 Å². The van der Waals surface area contributed by atoms with Gasteiger partial charge in [-0.25, -0.2) is 0 Å². The Bertz CT molecular complexity index is 344. The first kappa shape index (κ1) is 11.4. The summed E-state index contributed by atoms with van der Waals surface area (Å²) in [5.74, 6) is 0.494. The van der Waals surface area contributed by atoms with Gasteiger partial charge in [0.2, 0.25) is 0 Å². The van der Waals surface area contributed by atoms with Gasteiger partial charge in [-0.1, -0.05) is 6.07 Å². The number of aliphatic hydroxyl groups is 1. The molecule has 1 aliphatic rings. The van der Waals surface area contributed by atoms with Crippen LogP contribution in [-0.2, 0) is 6.42 Å². The van der Waals surface area contributed by atoms with Gasteiger partial charge in [0.25, 0.3) is 0 Å². The van der Waals surface area contributed by atoms with Crippen molar-refractivity contribution < 1.29 is 5.11 Å². The molecule has 0 saturated heterocycles. The fourth-order valence-corrected chi connectivity index (χ4v) is 2.40. The maximum atomic E-state index is 9.11. The summed E-state index contributed by atoms with van der Waals surface area (Å²) in [5, 5.41) is 14.3. The Morgan fingerprint density at radius 2 is 2.44 bits per heavy atom. The van der Waals surface area contributed by atoms with E-state index in [1.54, 1.807) is 11.3 Å². The molecule has 0 spiro atoms. The van der Waals surface area contributed by atoms with Crippen molar-refractivity contribution in [3.63, 3.8) is 0 Å². The van der Waals surface area contributed by atoms with Gasteiger partial charge < -0.3 is 16.2 Å². The lowest BCUT2D eigenvalue weighted by Gasteiger charge is -2.32. The molecule has 1 saturated carbocycles. The summed E-state index contributed by atoms with van der Waals surface area (Å²) in [6, 6.07) is 4.45. The molecule has 0 aliphatic heterocycles. The molecule has 4 N–H and O–H groups in total. The summed E-state index contributed by atoms with van der Waals surface area (Å²) in [6.45, 7) is 0.717. The number of hydrogen-bond donors (Lipinski definition) is 3. The van der Waals surface area contributed by atoms with Gasteiger partial charge in [-0.05, 0) is 24.3 Å². The van der Waals surface area contributed by atoms with Gasteiger partial charge in [-0.3, -0.25) is 4.99 Å². The molecule has 1 aromatic heterocycles. The summed E-state index contributed by atoms with van der Waals surface area (Å²) in [6.07, 6.45) is 2.34. The van der Waals surface area contributed by atoms with E-state index in [1.165, 1.54) is 4.88 Å². The molecule has 0 bridgehead atoms. The van der Waals surface area contributed by atoms with Gasteiger partial charge in [-0.2, -0.15) is 0 Å². The Balaban J connectivity index is 1.66. The summed E-state index contributed by atoms with van der Waals surface area (Å²) in [7, 11) is 0. The van der Waals surface area contributed by atoms with Crippen molar-refractivity contribution in [2.45, 2.75) is 31.4 Å². The molecule has 2 rings (SSSR count). The first-order chi connectivity index (χ1) is 7.74. The molecule has 4 nitrogen and oxygen atoms in total. The van der Waals surface area contributed by atoms with Crippen molar-refractivity contribution in [3.8, 4) is 0 Å². The van der Waals surface area contributed by atoms with Gasteiger partial charge >= 0.3 is 0 Å². The van der Waals surface area contributed by atoms with Crippen LogP contribution in [0.15, 0.2) is 22.5 Å². The highest BCUT2D eigenvalue weighted by atomic mass is 32.1. The smallest absolute Gasteiger partial charge is 0.188 e. The van der Waals surface area contributed by atoms with E-state index >= 15 is 0 Å². The minimum absolute atomic E-state index is 0.156. The maximum Gasteiger partial charge on any atom is 0.188 e. The van der Waals surface area contributed by atoms with Gasteiger partial charge in [0, 0.05) is 23.9 Å². The summed E-state index contributed by atoms with van der Waals surface area (Å²) in [5.41, 5.74) is 5.73. The molecule has 1 fully saturated rings. The number of aliphatic hydroxyl groups excluding tert-OH is 1. The van der Waals surface area contributed by atoms with E-state index in [0.29, 0.717) is 18.5 Å². The molecule has 1 aromatic rings. The number of rotatable bonds is 4. The first-order valence-electron chi connectivity index (χ1n) is 5.51. The first-order valence-corrected chi connectivity index (χ1v) is 6.39. The standard InChI is InChI=1S/C11H17N3OS/c12-11(14-8-6-9(15)7-8)13-4-3-10-2-1-5-16-10/h1-2,5,8-9,15H,3-4,6-7H2,(H3,12,13,14). The van der Waals surface area contributed by atoms with Crippen LogP contribution in [0.2, 0.25) is 0 Å². The predicted molar refractivity (Wildman–Crippen MR) is 66.7 cm³/mol. The molecular weight excluding hydrogens is 222 g/mol. The van der Waals surface area contributed by atoms with Crippen LogP contribution in [0.5, 0.6) is 0 Å². The molecule has 16 heavy (non-hydrogen) atoms. The Morgan fingerprint density at radius 1 is 1.62 bits per heavy atom. The van der Waals surface area contributed by atoms with Crippen LogP contribution in [0.25, 0.3) is 0 Å². The predicted octanol–water partition coefficient (Wildman–Crippen LogP) is 0.718. The van der Waals surface area contributed by atoms with Crippen molar-refractivity contribution in [2.75, 3.05) is 6.54 Å². The molecule has 88 valence electrons. The number of hydrogen-bond acceptors (Lipinski definition) is 3. The molecule has 0 amide bonds. The van der Waals surface area contributed by atoms with E-state index in [4.69, 9.17) is 10.8 Å². The number of aliphatic imine (C=N–C) groups is 1. The normalized spacial score (nSPS) is 25.2. The molecule has 0 aromatic carbocycles. The van der Waals surface area contributed by atoms with E-state index in [1.807, 2.05) is 6.07 Å². The highest BCUT2D eigenvalue weighted by molar-refractivity contribution is 7.09. The van der Waals surface area contributed by atoms with Gasteiger partial charge in [-0.15, -0.1) is 11.3 Å². The third-order valence-corrected chi connectivity index (χ3v) is 3.62. The van der Waals surface area contributed by atoms with Crippen LogP contribution < -0.4 is 11.1 Å². The van der Waals surface area contributed by atoms with Crippen LogP contribution in [-0.4, -0.2) is 29.8 Å². The summed E-state index contributed by atoms with van der Waals surface area (Å²) < 4.78 is 0. The number of guanidine groups is 1. The zero-order valence-electron chi connectivity index (χ0n) is 9.10. The lowest BCUT2D eigenvalue weighted by Crippen LogP contribution is -2.49. The third-order valence-electron chi connectivity index (χ3n) is 2.69. The van der Waals surface area contributed by atoms with E-state index in [9.17, 15) is 0 Å². The average molecular weight is 239 g/mol. The van der Waals surface area contributed by atoms with E-state index in [2.05, 4.69) is 21.8 Å². The molecule has 0 unspecified atom stereocenters. The highest BCUT2D eigenvalue weighted by Crippen LogP contribution is 2.18. The highest BCUT2D eigenvalue weighted by Gasteiger charge is 2.27. The Kier molecular flexibility index (Phi) is 3.79. The SMILES string of the molecule is NC(=NCCc1cccs1)NC1CC(O)C1. The van der Waals surface area contributed by atoms with Crippen LogP contribution in [0, 0.1) is 0 Å². The number of nitrogens with zero attached hydrogens (tertiary/aromatic N) is 1. The van der Waals surface area contributed by atoms with Crippen LogP contribution in [0.4, 0.5) is 0 Å². The van der Waals surface area contributed by atoms with E-state index in [0.717, 1.165) is 19.3 Å². The molecule has 5 heteroatoms. The monoisotopic (exact) mass is 239 g/mol.